The van der Waals surface area contributed by atoms with Crippen LogP contribution in [0.15, 0.2) is 11.4 Å². The molecule has 0 bridgehead atoms. The van der Waals surface area contributed by atoms with Crippen molar-refractivity contribution in [3.8, 4) is 0 Å². The Kier molecular flexibility index (Phi) is 5.36. The molecule has 0 saturated carbocycles. The molecule has 0 aliphatic heterocycles. The minimum atomic E-state index is 0.131. The van der Waals surface area contributed by atoms with Crippen molar-refractivity contribution in [3.63, 3.8) is 0 Å². The summed E-state index contributed by atoms with van der Waals surface area (Å²) in [4.78, 5) is 8.17. The van der Waals surface area contributed by atoms with Gasteiger partial charge in [-0.3, -0.25) is 0 Å². The van der Waals surface area contributed by atoms with E-state index in [4.69, 9.17) is 16.7 Å². The minimum absolute atomic E-state index is 0.131. The second-order valence-corrected chi connectivity index (χ2v) is 5.09. The van der Waals surface area contributed by atoms with Gasteiger partial charge in [-0.25, -0.2) is 9.97 Å². The first-order valence-electron chi connectivity index (χ1n) is 4.95. The second kappa shape index (κ2) is 6.30. The molecule has 0 radical (unpaired) electrons. The maximum atomic E-state index is 8.99. The Labute approximate surface area is 99.3 Å². The molecule has 1 aromatic rings. The molecular formula is C10H15ClN2OS. The van der Waals surface area contributed by atoms with Crippen LogP contribution >= 0.6 is 23.4 Å². The molecule has 0 aromatic carbocycles. The summed E-state index contributed by atoms with van der Waals surface area (Å²) in [6.45, 7) is 4.18. The highest BCUT2D eigenvalue weighted by atomic mass is 35.5. The number of aliphatic hydroxyl groups is 1. The van der Waals surface area contributed by atoms with Gasteiger partial charge in [0, 0.05) is 10.8 Å². The third-order valence-corrected chi connectivity index (χ3v) is 3.38. The predicted octanol–water partition coefficient (Wildman–Crippen LogP) is 2.56. The molecule has 0 saturated heterocycles. The topological polar surface area (TPSA) is 46.0 Å². The summed E-state index contributed by atoms with van der Waals surface area (Å²) >= 11 is 7.55. The van der Waals surface area contributed by atoms with Crippen molar-refractivity contribution in [2.45, 2.75) is 37.0 Å². The van der Waals surface area contributed by atoms with Crippen LogP contribution < -0.4 is 0 Å². The van der Waals surface area contributed by atoms with Gasteiger partial charge >= 0.3 is 0 Å². The van der Waals surface area contributed by atoms with E-state index in [1.165, 1.54) is 18.1 Å². The van der Waals surface area contributed by atoms with E-state index < -0.39 is 0 Å². The Morgan fingerprint density at radius 3 is 2.87 bits per heavy atom. The molecule has 84 valence electrons. The van der Waals surface area contributed by atoms with Gasteiger partial charge in [0.05, 0.1) is 6.61 Å². The zero-order chi connectivity index (χ0) is 11.3. The number of aromatic nitrogens is 2. The number of hydrogen-bond acceptors (Lipinski definition) is 4. The van der Waals surface area contributed by atoms with Gasteiger partial charge in [0.2, 0.25) is 0 Å². The third kappa shape index (κ3) is 3.63. The normalized spacial score (nSPS) is 12.8. The van der Waals surface area contributed by atoms with E-state index in [0.717, 1.165) is 23.4 Å². The van der Waals surface area contributed by atoms with Gasteiger partial charge in [-0.2, -0.15) is 0 Å². The molecule has 1 heterocycles. The smallest absolute Gasteiger partial charge is 0.136 e. The Bertz CT molecular complexity index is 322. The molecule has 1 unspecified atom stereocenters. The van der Waals surface area contributed by atoms with Crippen LogP contribution in [0.25, 0.3) is 0 Å². The highest BCUT2D eigenvalue weighted by Crippen LogP contribution is 2.28. The Morgan fingerprint density at radius 2 is 2.27 bits per heavy atom. The van der Waals surface area contributed by atoms with E-state index in [1.54, 1.807) is 0 Å². The van der Waals surface area contributed by atoms with Crippen molar-refractivity contribution in [2.24, 2.45) is 0 Å². The number of halogens is 1. The minimum Gasteiger partial charge on any atom is -0.395 e. The van der Waals surface area contributed by atoms with Crippen molar-refractivity contribution in [1.82, 2.24) is 9.97 Å². The first kappa shape index (κ1) is 12.7. The summed E-state index contributed by atoms with van der Waals surface area (Å²) < 4.78 is 0. The zero-order valence-electron chi connectivity index (χ0n) is 8.90. The monoisotopic (exact) mass is 246 g/mol. The summed E-state index contributed by atoms with van der Waals surface area (Å²) in [6.07, 6.45) is 3.35. The van der Waals surface area contributed by atoms with Crippen LogP contribution in [0.1, 0.15) is 25.8 Å². The maximum absolute atomic E-state index is 8.99. The van der Waals surface area contributed by atoms with E-state index >= 15 is 0 Å². The molecule has 1 rings (SSSR count). The molecule has 15 heavy (non-hydrogen) atoms. The predicted molar refractivity (Wildman–Crippen MR) is 63.4 cm³/mol. The van der Waals surface area contributed by atoms with E-state index in [0.29, 0.717) is 5.15 Å². The average molecular weight is 247 g/mol. The van der Waals surface area contributed by atoms with Crippen molar-refractivity contribution < 1.29 is 5.11 Å². The quantitative estimate of drug-likeness (QED) is 0.641. The van der Waals surface area contributed by atoms with Crippen LogP contribution in [0.3, 0.4) is 0 Å². The van der Waals surface area contributed by atoms with Crippen LogP contribution in [-0.2, 0) is 6.42 Å². The first-order valence-corrected chi connectivity index (χ1v) is 6.21. The number of thioether (sulfide) groups is 1. The number of aliphatic hydroxyl groups excluding tert-OH is 1. The maximum Gasteiger partial charge on any atom is 0.136 e. The molecule has 0 aliphatic rings. The number of hydrogen-bond donors (Lipinski definition) is 1. The standard InChI is InChI=1S/C10H15ClN2OS/c1-3-4-8-9(11)12-6-13-10(8)15-7(2)5-14/h6-7,14H,3-5H2,1-2H3. The van der Waals surface area contributed by atoms with Gasteiger partial charge in [0.15, 0.2) is 0 Å². The van der Waals surface area contributed by atoms with E-state index in [1.807, 2.05) is 6.92 Å². The molecular weight excluding hydrogens is 232 g/mol. The lowest BCUT2D eigenvalue weighted by Crippen LogP contribution is -2.04. The fourth-order valence-electron chi connectivity index (χ4n) is 1.17. The summed E-state index contributed by atoms with van der Waals surface area (Å²) in [5.74, 6) is 0. The fraction of sp³-hybridized carbons (Fsp3) is 0.600. The van der Waals surface area contributed by atoms with Crippen LogP contribution in [0.4, 0.5) is 0 Å². The lowest BCUT2D eigenvalue weighted by Gasteiger charge is -2.11. The Balaban J connectivity index is 2.89. The van der Waals surface area contributed by atoms with Crippen LogP contribution in [0.5, 0.6) is 0 Å². The van der Waals surface area contributed by atoms with Gasteiger partial charge < -0.3 is 5.11 Å². The molecule has 1 aromatic heterocycles. The molecule has 0 aliphatic carbocycles. The zero-order valence-corrected chi connectivity index (χ0v) is 10.5. The van der Waals surface area contributed by atoms with Gasteiger partial charge in [0.25, 0.3) is 0 Å². The Hall–Kier alpha value is -0.320. The molecule has 3 nitrogen and oxygen atoms in total. The lowest BCUT2D eigenvalue weighted by molar-refractivity contribution is 0.300. The molecule has 0 fully saturated rings. The van der Waals surface area contributed by atoms with Crippen molar-refractivity contribution >= 4 is 23.4 Å². The van der Waals surface area contributed by atoms with Gasteiger partial charge in [0.1, 0.15) is 16.5 Å². The van der Waals surface area contributed by atoms with Crippen LogP contribution in [0.2, 0.25) is 5.15 Å². The van der Waals surface area contributed by atoms with E-state index in [9.17, 15) is 0 Å². The van der Waals surface area contributed by atoms with Gasteiger partial charge in [-0.15, -0.1) is 11.8 Å². The summed E-state index contributed by atoms with van der Waals surface area (Å²) in [7, 11) is 0. The van der Waals surface area contributed by atoms with Crippen LogP contribution in [0, 0.1) is 0 Å². The fourth-order valence-corrected chi connectivity index (χ4v) is 2.35. The lowest BCUT2D eigenvalue weighted by atomic mass is 10.2. The Morgan fingerprint density at radius 1 is 1.53 bits per heavy atom. The third-order valence-electron chi connectivity index (χ3n) is 1.92. The van der Waals surface area contributed by atoms with Crippen molar-refractivity contribution in [3.05, 3.63) is 17.0 Å². The highest BCUT2D eigenvalue weighted by molar-refractivity contribution is 7.99. The van der Waals surface area contributed by atoms with E-state index in [2.05, 4.69) is 16.9 Å². The highest BCUT2D eigenvalue weighted by Gasteiger charge is 2.12. The van der Waals surface area contributed by atoms with Crippen LogP contribution in [-0.4, -0.2) is 26.9 Å². The SMILES string of the molecule is CCCc1c(Cl)ncnc1SC(C)CO. The summed E-state index contributed by atoms with van der Waals surface area (Å²) in [5, 5.41) is 10.5. The first-order chi connectivity index (χ1) is 7.19. The molecule has 1 N–H and O–H groups in total. The van der Waals surface area contributed by atoms with Crippen molar-refractivity contribution in [1.29, 1.82) is 0 Å². The van der Waals surface area contributed by atoms with Gasteiger partial charge in [-0.05, 0) is 6.42 Å². The molecule has 0 amide bonds. The molecule has 0 spiro atoms. The number of rotatable bonds is 5. The van der Waals surface area contributed by atoms with Gasteiger partial charge in [-0.1, -0.05) is 31.9 Å². The number of nitrogens with zero attached hydrogens (tertiary/aromatic N) is 2. The second-order valence-electron chi connectivity index (χ2n) is 3.31. The molecule has 1 atom stereocenters. The van der Waals surface area contributed by atoms with Crippen molar-refractivity contribution in [2.75, 3.05) is 6.61 Å². The summed E-state index contributed by atoms with van der Waals surface area (Å²) in [5.41, 5.74) is 0.993. The van der Waals surface area contributed by atoms with E-state index in [-0.39, 0.29) is 11.9 Å². The summed E-state index contributed by atoms with van der Waals surface area (Å²) in [6, 6.07) is 0. The largest absolute Gasteiger partial charge is 0.395 e. The average Bonchev–Trinajstić information content (AvgIpc) is 2.23. The molecule has 5 heteroatoms.